The Bertz CT molecular complexity index is 866. The molecule has 0 spiro atoms. The Balaban J connectivity index is 2.06. The van der Waals surface area contributed by atoms with E-state index in [9.17, 15) is 23.1 Å². The summed E-state index contributed by atoms with van der Waals surface area (Å²) in [4.78, 5) is 12.7. The lowest BCUT2D eigenvalue weighted by Crippen LogP contribution is -2.51. The molecule has 26 heavy (non-hydrogen) atoms. The van der Waals surface area contributed by atoms with Crippen LogP contribution in [0.1, 0.15) is 15.9 Å². The van der Waals surface area contributed by atoms with Crippen LogP contribution in [0.5, 0.6) is 0 Å². The van der Waals surface area contributed by atoms with E-state index in [4.69, 9.17) is 5.73 Å². The van der Waals surface area contributed by atoms with E-state index >= 15 is 0 Å². The Labute approximate surface area is 155 Å². The number of allylic oxidation sites excluding steroid dienone is 1. The van der Waals surface area contributed by atoms with Crippen molar-refractivity contribution in [1.29, 1.82) is 0 Å². The quantitative estimate of drug-likeness (QED) is 0.642. The summed E-state index contributed by atoms with van der Waals surface area (Å²) in [5.74, 6) is -0.842. The first-order chi connectivity index (χ1) is 12.1. The maximum absolute atomic E-state index is 13.2. The van der Waals surface area contributed by atoms with Gasteiger partial charge in [-0.2, -0.15) is 13.2 Å². The lowest BCUT2D eigenvalue weighted by molar-refractivity contribution is -0.104. The summed E-state index contributed by atoms with van der Waals surface area (Å²) in [5, 5.41) is 11.5. The molecule has 2 aromatic rings. The highest BCUT2D eigenvalue weighted by molar-refractivity contribution is 9.10. The number of carbonyl (C=O) groups is 1. The first kappa shape index (κ1) is 18.3. The van der Waals surface area contributed by atoms with Gasteiger partial charge in [-0.25, -0.2) is 5.01 Å². The fourth-order valence-corrected chi connectivity index (χ4v) is 2.78. The number of alkyl halides is 3. The number of rotatable bonds is 2. The molecule has 0 saturated carbocycles. The van der Waals surface area contributed by atoms with Crippen molar-refractivity contribution in [2.24, 2.45) is 0 Å². The summed E-state index contributed by atoms with van der Waals surface area (Å²) >= 11 is 3.22. The van der Waals surface area contributed by atoms with Crippen molar-refractivity contribution in [3.8, 4) is 0 Å². The number of anilines is 1. The molecule has 1 aliphatic heterocycles. The average molecular weight is 428 g/mol. The van der Waals surface area contributed by atoms with Crippen LogP contribution in [0.4, 0.5) is 18.9 Å². The standard InChI is InChI=1S/C17H13BrF3N3O2/c18-12-5-3-11(4-6-12)16(26)9-14(17(19,20)21)23-24(16)15(25)10-1-7-13(22)8-2-10/h1-9,23,26H,22H2. The third-order valence-corrected chi connectivity index (χ3v) is 4.38. The largest absolute Gasteiger partial charge is 0.432 e. The molecule has 1 unspecified atom stereocenters. The minimum absolute atomic E-state index is 0.0686. The first-order valence-electron chi connectivity index (χ1n) is 7.36. The van der Waals surface area contributed by atoms with Gasteiger partial charge in [0.25, 0.3) is 5.91 Å². The minimum Gasteiger partial charge on any atom is -0.399 e. The first-order valence-corrected chi connectivity index (χ1v) is 8.16. The van der Waals surface area contributed by atoms with Gasteiger partial charge in [0.2, 0.25) is 5.72 Å². The Kier molecular flexibility index (Phi) is 4.45. The van der Waals surface area contributed by atoms with Gasteiger partial charge in [-0.15, -0.1) is 0 Å². The van der Waals surface area contributed by atoms with Crippen LogP contribution in [0.15, 0.2) is 64.8 Å². The smallest absolute Gasteiger partial charge is 0.399 e. The predicted octanol–water partition coefficient (Wildman–Crippen LogP) is 3.28. The van der Waals surface area contributed by atoms with E-state index in [1.165, 1.54) is 36.4 Å². The van der Waals surface area contributed by atoms with Gasteiger partial charge >= 0.3 is 6.18 Å². The van der Waals surface area contributed by atoms with Crippen LogP contribution in [0.2, 0.25) is 0 Å². The van der Waals surface area contributed by atoms with Crippen molar-refractivity contribution in [3.63, 3.8) is 0 Å². The molecule has 1 atom stereocenters. The summed E-state index contributed by atoms with van der Waals surface area (Å²) in [6, 6.07) is 11.6. The summed E-state index contributed by atoms with van der Waals surface area (Å²) in [6.07, 6.45) is -4.19. The van der Waals surface area contributed by atoms with Crippen molar-refractivity contribution in [1.82, 2.24) is 10.4 Å². The van der Waals surface area contributed by atoms with Crippen molar-refractivity contribution >= 4 is 27.5 Å². The van der Waals surface area contributed by atoms with Gasteiger partial charge < -0.3 is 10.8 Å². The number of hydrogen-bond donors (Lipinski definition) is 3. The molecule has 0 saturated heterocycles. The second kappa shape index (κ2) is 6.33. The minimum atomic E-state index is -4.76. The maximum Gasteiger partial charge on any atom is 0.432 e. The molecule has 9 heteroatoms. The third-order valence-electron chi connectivity index (χ3n) is 3.85. The lowest BCUT2D eigenvalue weighted by Gasteiger charge is -2.33. The molecule has 1 amide bonds. The van der Waals surface area contributed by atoms with E-state index in [-0.39, 0.29) is 11.1 Å². The Hall–Kier alpha value is -2.52. The van der Waals surface area contributed by atoms with Gasteiger partial charge in [0.1, 0.15) is 5.70 Å². The number of halogens is 4. The molecule has 4 N–H and O–H groups in total. The van der Waals surface area contributed by atoms with Crippen molar-refractivity contribution in [3.05, 3.63) is 75.9 Å². The molecule has 0 fully saturated rings. The molecule has 2 aromatic carbocycles. The van der Waals surface area contributed by atoms with E-state index in [1.807, 2.05) is 5.43 Å². The second-order valence-corrected chi connectivity index (χ2v) is 6.58. The number of nitrogens with one attached hydrogen (secondary N) is 1. The van der Waals surface area contributed by atoms with E-state index in [0.29, 0.717) is 21.2 Å². The van der Waals surface area contributed by atoms with Gasteiger partial charge in [-0.05, 0) is 36.4 Å². The summed E-state index contributed by atoms with van der Waals surface area (Å²) in [7, 11) is 0. The van der Waals surface area contributed by atoms with E-state index in [0.717, 1.165) is 0 Å². The molecular weight excluding hydrogens is 415 g/mol. The highest BCUT2D eigenvalue weighted by Crippen LogP contribution is 2.38. The van der Waals surface area contributed by atoms with Crippen LogP contribution in [-0.4, -0.2) is 22.2 Å². The van der Waals surface area contributed by atoms with Crippen LogP contribution < -0.4 is 11.2 Å². The average Bonchev–Trinajstić information content (AvgIpc) is 2.94. The van der Waals surface area contributed by atoms with Crippen LogP contribution in [0, 0.1) is 0 Å². The molecule has 5 nitrogen and oxygen atoms in total. The molecule has 1 aliphatic rings. The van der Waals surface area contributed by atoms with Gasteiger partial charge in [0, 0.05) is 27.4 Å². The van der Waals surface area contributed by atoms with Crippen LogP contribution in [0.3, 0.4) is 0 Å². The number of amides is 1. The monoisotopic (exact) mass is 427 g/mol. The fraction of sp³-hybridized carbons (Fsp3) is 0.118. The number of nitrogens with two attached hydrogens (primary N) is 1. The molecule has 3 rings (SSSR count). The van der Waals surface area contributed by atoms with Crippen LogP contribution in [0.25, 0.3) is 0 Å². The number of hydrazine groups is 1. The van der Waals surface area contributed by atoms with Crippen molar-refractivity contribution in [2.45, 2.75) is 11.9 Å². The molecule has 136 valence electrons. The van der Waals surface area contributed by atoms with E-state index < -0.39 is 23.5 Å². The summed E-state index contributed by atoms with van der Waals surface area (Å²) in [5.41, 5.74) is 4.55. The number of nitrogen functional groups attached to an aromatic ring is 1. The molecule has 0 aliphatic carbocycles. The Morgan fingerprint density at radius 2 is 1.69 bits per heavy atom. The predicted molar refractivity (Wildman–Crippen MR) is 92.3 cm³/mol. The van der Waals surface area contributed by atoms with Crippen molar-refractivity contribution < 1.29 is 23.1 Å². The molecular formula is C17H13BrF3N3O2. The number of carbonyl (C=O) groups excluding carboxylic acids is 1. The van der Waals surface area contributed by atoms with Gasteiger partial charge in [0.15, 0.2) is 0 Å². The molecule has 0 bridgehead atoms. The Morgan fingerprint density at radius 3 is 2.23 bits per heavy atom. The number of nitrogens with zero attached hydrogens (tertiary/aromatic N) is 1. The number of benzene rings is 2. The summed E-state index contributed by atoms with van der Waals surface area (Å²) in [6.45, 7) is 0. The lowest BCUT2D eigenvalue weighted by atomic mass is 10.0. The Morgan fingerprint density at radius 1 is 1.12 bits per heavy atom. The normalized spacial score (nSPS) is 19.9. The zero-order chi connectivity index (χ0) is 19.1. The van der Waals surface area contributed by atoms with E-state index in [2.05, 4.69) is 15.9 Å². The highest BCUT2D eigenvalue weighted by Gasteiger charge is 2.50. The van der Waals surface area contributed by atoms with E-state index in [1.54, 1.807) is 12.1 Å². The molecule has 0 radical (unpaired) electrons. The number of aliphatic hydroxyl groups is 1. The third kappa shape index (κ3) is 3.27. The SMILES string of the molecule is Nc1ccc(C(=O)N2NC(C(F)(F)F)=CC2(O)c2ccc(Br)cc2)cc1. The number of hydrogen-bond acceptors (Lipinski definition) is 4. The van der Waals surface area contributed by atoms with Gasteiger partial charge in [-0.1, -0.05) is 28.1 Å². The topological polar surface area (TPSA) is 78.6 Å². The fourth-order valence-electron chi connectivity index (χ4n) is 2.52. The van der Waals surface area contributed by atoms with Gasteiger partial charge in [-0.3, -0.25) is 10.2 Å². The highest BCUT2D eigenvalue weighted by atomic mass is 79.9. The zero-order valence-corrected chi connectivity index (χ0v) is 14.7. The summed E-state index contributed by atoms with van der Waals surface area (Å²) < 4.78 is 40.2. The van der Waals surface area contributed by atoms with Crippen LogP contribution in [-0.2, 0) is 5.72 Å². The van der Waals surface area contributed by atoms with Crippen LogP contribution >= 0.6 is 15.9 Å². The molecule has 1 heterocycles. The second-order valence-electron chi connectivity index (χ2n) is 5.66. The maximum atomic E-state index is 13.2. The van der Waals surface area contributed by atoms with Gasteiger partial charge in [0.05, 0.1) is 0 Å². The zero-order valence-electron chi connectivity index (χ0n) is 13.1. The van der Waals surface area contributed by atoms with Crippen molar-refractivity contribution in [2.75, 3.05) is 5.73 Å². The molecule has 0 aromatic heterocycles.